The second kappa shape index (κ2) is 9.51. The van der Waals surface area contributed by atoms with Crippen LogP contribution in [0.5, 0.6) is 11.5 Å². The third-order valence-corrected chi connectivity index (χ3v) is 6.59. The molecule has 0 bridgehead atoms. The lowest BCUT2D eigenvalue weighted by atomic mass is 9.91. The van der Waals surface area contributed by atoms with Gasteiger partial charge in [0.15, 0.2) is 11.5 Å². The zero-order valence-electron chi connectivity index (χ0n) is 20.0. The van der Waals surface area contributed by atoms with Gasteiger partial charge in [-0.25, -0.2) is 5.01 Å². The molecule has 1 aliphatic heterocycles. The molecule has 1 aromatic heterocycles. The fourth-order valence-electron chi connectivity index (χ4n) is 4.81. The highest BCUT2D eigenvalue weighted by Gasteiger charge is 2.36. The number of pyridine rings is 1. The smallest absolute Gasteiger partial charge is 0.258 e. The Hall–Kier alpha value is -4.10. The number of carbonyl (C=O) groups excluding carboxylic acids is 1. The number of carbonyl (C=O) groups is 1. The predicted molar refractivity (Wildman–Crippen MR) is 141 cm³/mol. The number of nitrogens with one attached hydrogen (secondary N) is 1. The number of nitrogens with zero attached hydrogens (tertiary/aromatic N) is 2. The Balaban J connectivity index is 1.74. The molecule has 8 heteroatoms. The first-order chi connectivity index (χ1) is 17.4. The SMILES string of the molecule is COc1cccc([C@H]2CC(c3c(-c4ccccc4)c4cc(Cl)ccc4[nH]c3=O)=NN2C(C)=O)c1OC. The largest absolute Gasteiger partial charge is 0.493 e. The lowest BCUT2D eigenvalue weighted by molar-refractivity contribution is -0.130. The van der Waals surface area contributed by atoms with Gasteiger partial charge in [-0.15, -0.1) is 0 Å². The molecule has 0 spiro atoms. The average molecular weight is 502 g/mol. The van der Waals surface area contributed by atoms with Crippen LogP contribution in [-0.2, 0) is 4.79 Å². The van der Waals surface area contributed by atoms with E-state index in [1.807, 2.05) is 48.5 Å². The minimum Gasteiger partial charge on any atom is -0.493 e. The van der Waals surface area contributed by atoms with Crippen molar-refractivity contribution in [1.29, 1.82) is 0 Å². The van der Waals surface area contributed by atoms with Crippen LogP contribution < -0.4 is 15.0 Å². The maximum absolute atomic E-state index is 13.5. The number of aromatic nitrogens is 1. The molecule has 0 saturated carbocycles. The number of H-pyrrole nitrogens is 1. The Kier molecular flexibility index (Phi) is 6.24. The summed E-state index contributed by atoms with van der Waals surface area (Å²) in [5.41, 5.74) is 3.60. The maximum atomic E-state index is 13.5. The average Bonchev–Trinajstić information content (AvgIpc) is 3.33. The minimum atomic E-state index is -0.472. The molecule has 5 rings (SSSR count). The molecule has 3 aromatic carbocycles. The third-order valence-electron chi connectivity index (χ3n) is 6.35. The Labute approximate surface area is 212 Å². The van der Waals surface area contributed by atoms with Gasteiger partial charge in [-0.2, -0.15) is 5.10 Å². The normalized spacial score (nSPS) is 15.2. The van der Waals surface area contributed by atoms with Gasteiger partial charge in [0, 0.05) is 40.4 Å². The van der Waals surface area contributed by atoms with Crippen LogP contribution in [-0.4, -0.2) is 35.8 Å². The fourth-order valence-corrected chi connectivity index (χ4v) is 4.99. The third kappa shape index (κ3) is 4.01. The molecular formula is C28H24ClN3O4. The second-order valence-corrected chi connectivity index (χ2v) is 8.91. The quantitative estimate of drug-likeness (QED) is 0.388. The Morgan fingerprint density at radius 2 is 1.81 bits per heavy atom. The second-order valence-electron chi connectivity index (χ2n) is 8.47. The summed E-state index contributed by atoms with van der Waals surface area (Å²) < 4.78 is 11.1. The molecule has 182 valence electrons. The van der Waals surface area contributed by atoms with Gasteiger partial charge in [0.1, 0.15) is 0 Å². The first-order valence-electron chi connectivity index (χ1n) is 11.4. The number of hydrogen-bond acceptors (Lipinski definition) is 5. The molecule has 0 fully saturated rings. The predicted octanol–water partition coefficient (Wildman–Crippen LogP) is 5.56. The number of benzene rings is 3. The van der Waals surface area contributed by atoms with Crippen molar-refractivity contribution in [3.05, 3.63) is 93.2 Å². The highest BCUT2D eigenvalue weighted by atomic mass is 35.5. The van der Waals surface area contributed by atoms with Crippen molar-refractivity contribution >= 4 is 34.1 Å². The van der Waals surface area contributed by atoms with Crippen LogP contribution in [0.3, 0.4) is 0 Å². The van der Waals surface area contributed by atoms with Gasteiger partial charge >= 0.3 is 0 Å². The van der Waals surface area contributed by atoms with Crippen LogP contribution in [0.2, 0.25) is 5.02 Å². The Bertz CT molecular complexity index is 1560. The summed E-state index contributed by atoms with van der Waals surface area (Å²) in [5, 5.41) is 7.43. The zero-order valence-corrected chi connectivity index (χ0v) is 20.8. The molecular weight excluding hydrogens is 478 g/mol. The molecule has 36 heavy (non-hydrogen) atoms. The number of hydrogen-bond donors (Lipinski definition) is 1. The highest BCUT2D eigenvalue weighted by Crippen LogP contribution is 2.42. The Morgan fingerprint density at radius 3 is 2.50 bits per heavy atom. The van der Waals surface area contributed by atoms with Crippen LogP contribution in [0.1, 0.15) is 30.5 Å². The van der Waals surface area contributed by atoms with Gasteiger partial charge in [-0.05, 0) is 29.8 Å². The van der Waals surface area contributed by atoms with E-state index in [9.17, 15) is 9.59 Å². The van der Waals surface area contributed by atoms with Gasteiger partial charge in [0.2, 0.25) is 5.91 Å². The first-order valence-corrected chi connectivity index (χ1v) is 11.8. The number of halogens is 1. The van der Waals surface area contributed by atoms with Gasteiger partial charge in [-0.1, -0.05) is 54.1 Å². The van der Waals surface area contributed by atoms with Crippen LogP contribution in [0.25, 0.3) is 22.0 Å². The van der Waals surface area contributed by atoms with Crippen molar-refractivity contribution in [2.75, 3.05) is 14.2 Å². The summed E-state index contributed by atoms with van der Waals surface area (Å²) in [4.78, 5) is 29.2. The molecule has 7 nitrogen and oxygen atoms in total. The van der Waals surface area contributed by atoms with E-state index in [2.05, 4.69) is 10.1 Å². The number of methoxy groups -OCH3 is 2. The number of rotatable bonds is 5. The summed E-state index contributed by atoms with van der Waals surface area (Å²) in [6.45, 7) is 1.45. The van der Waals surface area contributed by atoms with Crippen molar-refractivity contribution in [2.24, 2.45) is 5.10 Å². The van der Waals surface area contributed by atoms with Gasteiger partial charge in [-0.3, -0.25) is 9.59 Å². The molecule has 1 amide bonds. The summed E-state index contributed by atoms with van der Waals surface area (Å²) in [7, 11) is 3.12. The lowest BCUT2D eigenvalue weighted by Crippen LogP contribution is -2.24. The first kappa shape index (κ1) is 23.6. The van der Waals surface area contributed by atoms with Crippen molar-refractivity contribution in [3.63, 3.8) is 0 Å². The molecule has 0 radical (unpaired) electrons. The molecule has 1 N–H and O–H groups in total. The van der Waals surface area contributed by atoms with Crippen molar-refractivity contribution in [1.82, 2.24) is 9.99 Å². The number of aromatic amines is 1. The lowest BCUT2D eigenvalue weighted by Gasteiger charge is -2.23. The highest BCUT2D eigenvalue weighted by molar-refractivity contribution is 6.31. The van der Waals surface area contributed by atoms with Gasteiger partial charge in [0.25, 0.3) is 5.56 Å². The Morgan fingerprint density at radius 1 is 1.03 bits per heavy atom. The standard InChI is InChI=1S/C28H24ClN3O4/c1-16(33)32-23(19-10-7-11-24(35-2)27(19)36-3)15-22(31-32)26-25(17-8-5-4-6-9-17)20-14-18(29)12-13-21(20)30-28(26)34/h4-14,23H,15H2,1-3H3,(H,30,34)/t23-/m1/s1. The van der Waals surface area contributed by atoms with E-state index >= 15 is 0 Å². The summed E-state index contributed by atoms with van der Waals surface area (Å²) >= 11 is 6.36. The summed E-state index contributed by atoms with van der Waals surface area (Å²) in [5.74, 6) is 0.826. The zero-order chi connectivity index (χ0) is 25.4. The van der Waals surface area contributed by atoms with E-state index in [1.54, 1.807) is 32.4 Å². The summed E-state index contributed by atoms with van der Waals surface area (Å²) in [6.07, 6.45) is 0.318. The van der Waals surface area contributed by atoms with E-state index in [0.717, 1.165) is 22.1 Å². The number of amides is 1. The van der Waals surface area contributed by atoms with Crippen molar-refractivity contribution in [2.45, 2.75) is 19.4 Å². The van der Waals surface area contributed by atoms with Crippen LogP contribution >= 0.6 is 11.6 Å². The van der Waals surface area contributed by atoms with Crippen molar-refractivity contribution < 1.29 is 14.3 Å². The van der Waals surface area contributed by atoms with E-state index < -0.39 is 6.04 Å². The summed E-state index contributed by atoms with van der Waals surface area (Å²) in [6, 6.07) is 20.0. The van der Waals surface area contributed by atoms with Crippen molar-refractivity contribution in [3.8, 4) is 22.6 Å². The number of hydrazone groups is 1. The van der Waals surface area contributed by atoms with E-state index in [0.29, 0.717) is 39.7 Å². The molecule has 0 unspecified atom stereocenters. The molecule has 2 heterocycles. The van der Waals surface area contributed by atoms with E-state index in [4.69, 9.17) is 21.1 Å². The van der Waals surface area contributed by atoms with E-state index in [1.165, 1.54) is 11.9 Å². The van der Waals surface area contributed by atoms with Crippen LogP contribution in [0.15, 0.2) is 76.6 Å². The van der Waals surface area contributed by atoms with Gasteiger partial charge < -0.3 is 14.5 Å². The minimum absolute atomic E-state index is 0.249. The van der Waals surface area contributed by atoms with Gasteiger partial charge in [0.05, 0.1) is 31.5 Å². The number of fused-ring (bicyclic) bond motifs is 1. The molecule has 4 aromatic rings. The fraction of sp³-hybridized carbons (Fsp3) is 0.179. The molecule has 1 atom stereocenters. The number of ether oxygens (including phenoxy) is 2. The topological polar surface area (TPSA) is 84.0 Å². The van der Waals surface area contributed by atoms with E-state index in [-0.39, 0.29) is 11.5 Å². The molecule has 1 aliphatic rings. The molecule has 0 saturated heterocycles. The number of para-hydroxylation sites is 1. The maximum Gasteiger partial charge on any atom is 0.258 e. The monoisotopic (exact) mass is 501 g/mol. The van der Waals surface area contributed by atoms with Crippen LogP contribution in [0, 0.1) is 0 Å². The van der Waals surface area contributed by atoms with Crippen LogP contribution in [0.4, 0.5) is 0 Å². The molecule has 0 aliphatic carbocycles.